The molecule has 0 unspecified atom stereocenters. The van der Waals surface area contributed by atoms with Crippen LogP contribution in [-0.2, 0) is 11.3 Å². The number of thiazole rings is 1. The topological polar surface area (TPSA) is 87.0 Å². The largest absolute Gasteiger partial charge is 0.370 e. The molecule has 2 aromatic heterocycles. The van der Waals surface area contributed by atoms with Gasteiger partial charge in [0.15, 0.2) is 4.96 Å². The summed E-state index contributed by atoms with van der Waals surface area (Å²) < 4.78 is 2.00. The maximum atomic E-state index is 13.8. The second-order valence-corrected chi connectivity index (χ2v) is 13.6. The molecule has 1 N–H and O–H groups in total. The lowest BCUT2D eigenvalue weighted by atomic mass is 9.88. The maximum absolute atomic E-state index is 13.8. The number of imidazole rings is 1. The molecule has 3 fully saturated rings. The average molecular weight is 556 g/mol. The molecule has 0 radical (unpaired) electrons. The number of fused-ring (bicyclic) bond motifs is 2. The summed E-state index contributed by atoms with van der Waals surface area (Å²) in [6.45, 7) is 4.25. The molecule has 1 saturated heterocycles. The number of carbonyl (C=O) groups excluding carboxylic acids is 3. The Morgan fingerprint density at radius 1 is 1.18 bits per heavy atom. The van der Waals surface area contributed by atoms with Gasteiger partial charge in [-0.3, -0.25) is 23.7 Å². The summed E-state index contributed by atoms with van der Waals surface area (Å²) in [5, 5.41) is 3.07. The van der Waals surface area contributed by atoms with Crippen LogP contribution in [0.25, 0.3) is 4.96 Å². The van der Waals surface area contributed by atoms with E-state index < -0.39 is 0 Å². The van der Waals surface area contributed by atoms with Crippen molar-refractivity contribution < 1.29 is 14.4 Å². The van der Waals surface area contributed by atoms with Crippen molar-refractivity contribution in [3.63, 3.8) is 0 Å². The first-order valence-corrected chi connectivity index (χ1v) is 15.4. The zero-order valence-electron chi connectivity index (χ0n) is 22.6. The number of piperidine rings is 1. The highest BCUT2D eigenvalue weighted by Crippen LogP contribution is 2.70. The number of nitrogens with one attached hydrogen (secondary N) is 1. The summed E-state index contributed by atoms with van der Waals surface area (Å²) >= 11 is 1.63. The predicted molar refractivity (Wildman–Crippen MR) is 152 cm³/mol. The van der Waals surface area contributed by atoms with Crippen molar-refractivity contribution in [2.75, 3.05) is 24.5 Å². The molecule has 1 aromatic carbocycles. The standard InChI is InChI=1S/C31H33N5O3S/c1-18-14-35-17-22(33-30(35)40-18)13-32-27(37)19-4-3-11-34(15-19)25-6-2-5-23-26(25)29(39)36(28(23)38)16-20-12-21-7-8-24(20)31(21)9-10-31/h2,5-8,14,17,19-21,24H,3-4,9-13,15-16H2,1H3,(H,32,37)/t19-,20-,21+,24+/m0/s1. The highest BCUT2D eigenvalue weighted by atomic mass is 32.1. The monoisotopic (exact) mass is 555 g/mol. The summed E-state index contributed by atoms with van der Waals surface area (Å²) in [5.74, 6) is 0.973. The van der Waals surface area contributed by atoms with Crippen LogP contribution in [0.3, 0.4) is 0 Å². The van der Waals surface area contributed by atoms with Gasteiger partial charge in [0.2, 0.25) is 5.91 Å². The summed E-state index contributed by atoms with van der Waals surface area (Å²) in [7, 11) is 0. The lowest BCUT2D eigenvalue weighted by Gasteiger charge is -2.34. The quantitative estimate of drug-likeness (QED) is 0.359. The molecular formula is C31H33N5O3S. The van der Waals surface area contributed by atoms with Crippen LogP contribution in [0.15, 0.2) is 42.7 Å². The summed E-state index contributed by atoms with van der Waals surface area (Å²) in [6.07, 6.45) is 14.0. The minimum absolute atomic E-state index is 0.00665. The van der Waals surface area contributed by atoms with Gasteiger partial charge < -0.3 is 10.2 Å². The second-order valence-electron chi connectivity index (χ2n) is 12.4. The highest BCUT2D eigenvalue weighted by Gasteiger charge is 2.63. The Morgan fingerprint density at radius 3 is 2.85 bits per heavy atom. The molecule has 4 atom stereocenters. The molecule has 8 nitrogen and oxygen atoms in total. The first-order chi connectivity index (χ1) is 19.4. The van der Waals surface area contributed by atoms with E-state index in [1.54, 1.807) is 17.4 Å². The maximum Gasteiger partial charge on any atom is 0.263 e. The van der Waals surface area contributed by atoms with Crippen molar-refractivity contribution in [3.05, 3.63) is 64.4 Å². The summed E-state index contributed by atoms with van der Waals surface area (Å²) in [5.41, 5.74) is 3.08. The number of amides is 3. The Bertz CT molecular complexity index is 1570. The molecule has 3 aliphatic carbocycles. The Balaban J connectivity index is 0.963. The van der Waals surface area contributed by atoms with Crippen LogP contribution in [0, 0.1) is 36.0 Å². The molecule has 8 rings (SSSR count). The van der Waals surface area contributed by atoms with E-state index in [1.165, 1.54) is 22.6 Å². The van der Waals surface area contributed by atoms with E-state index in [4.69, 9.17) is 0 Å². The van der Waals surface area contributed by atoms with Gasteiger partial charge in [-0.15, -0.1) is 11.3 Å². The number of aryl methyl sites for hydroxylation is 1. The zero-order valence-corrected chi connectivity index (χ0v) is 23.5. The van der Waals surface area contributed by atoms with Gasteiger partial charge in [-0.25, -0.2) is 4.98 Å². The molecule has 4 heterocycles. The van der Waals surface area contributed by atoms with E-state index in [9.17, 15) is 14.4 Å². The van der Waals surface area contributed by atoms with Crippen LogP contribution in [0.2, 0.25) is 0 Å². The van der Waals surface area contributed by atoms with E-state index in [0.29, 0.717) is 53.9 Å². The first kappa shape index (κ1) is 24.3. The molecule has 5 aliphatic rings. The van der Waals surface area contributed by atoms with Crippen LogP contribution in [0.5, 0.6) is 0 Å². The lowest BCUT2D eigenvalue weighted by Crippen LogP contribution is -2.43. The second kappa shape index (κ2) is 8.77. The molecule has 206 valence electrons. The number of nitrogens with zero attached hydrogens (tertiary/aromatic N) is 4. The van der Waals surface area contributed by atoms with Gasteiger partial charge in [-0.1, -0.05) is 18.2 Å². The molecule has 3 amide bonds. The van der Waals surface area contributed by atoms with E-state index in [2.05, 4.69) is 34.3 Å². The van der Waals surface area contributed by atoms with Gasteiger partial charge in [0.1, 0.15) is 0 Å². The van der Waals surface area contributed by atoms with Gasteiger partial charge in [-0.05, 0) is 74.3 Å². The molecule has 2 bridgehead atoms. The van der Waals surface area contributed by atoms with E-state index in [0.717, 1.165) is 42.1 Å². The summed E-state index contributed by atoms with van der Waals surface area (Å²) in [4.78, 5) is 50.8. The van der Waals surface area contributed by atoms with Crippen molar-refractivity contribution >= 4 is 39.7 Å². The number of imide groups is 1. The zero-order chi connectivity index (χ0) is 27.2. The van der Waals surface area contributed by atoms with Crippen LogP contribution < -0.4 is 10.2 Å². The SMILES string of the molecule is Cc1cn2cc(CNC(=O)[C@H]3CCCN(c4cccc5c4C(=O)N(C[C@@H]4C[C@H]6C=C[C@H]4C64CC4)C5=O)C3)nc2s1. The number of allylic oxidation sites excluding steroid dienone is 2. The van der Waals surface area contributed by atoms with Gasteiger partial charge in [0.25, 0.3) is 11.8 Å². The molecule has 1 spiro atoms. The van der Waals surface area contributed by atoms with Gasteiger partial charge in [0, 0.05) is 36.9 Å². The van der Waals surface area contributed by atoms with Crippen LogP contribution >= 0.6 is 11.3 Å². The van der Waals surface area contributed by atoms with Crippen molar-refractivity contribution in [2.24, 2.45) is 29.1 Å². The average Bonchev–Trinajstić information content (AvgIpc) is 3.10. The predicted octanol–water partition coefficient (Wildman–Crippen LogP) is 4.44. The van der Waals surface area contributed by atoms with E-state index in [1.807, 2.05) is 28.9 Å². The number of benzene rings is 1. The lowest BCUT2D eigenvalue weighted by molar-refractivity contribution is -0.125. The third-order valence-electron chi connectivity index (χ3n) is 10.1. The summed E-state index contributed by atoms with van der Waals surface area (Å²) in [6, 6.07) is 5.60. The van der Waals surface area contributed by atoms with E-state index in [-0.39, 0.29) is 23.6 Å². The fourth-order valence-electron chi connectivity index (χ4n) is 8.09. The van der Waals surface area contributed by atoms with Gasteiger partial charge in [0.05, 0.1) is 35.0 Å². The van der Waals surface area contributed by atoms with E-state index >= 15 is 0 Å². The van der Waals surface area contributed by atoms with Crippen LogP contribution in [-0.4, -0.2) is 51.6 Å². The minimum atomic E-state index is -0.186. The first-order valence-electron chi connectivity index (χ1n) is 14.6. The Kier molecular flexibility index (Phi) is 5.34. The van der Waals surface area contributed by atoms with Crippen molar-refractivity contribution in [1.82, 2.24) is 19.6 Å². The number of anilines is 1. The fraction of sp³-hybridized carbons (Fsp3) is 0.484. The molecule has 3 aromatic rings. The number of hydrogen-bond acceptors (Lipinski definition) is 6. The third kappa shape index (κ3) is 3.62. The van der Waals surface area contributed by atoms with Crippen LogP contribution in [0.1, 0.15) is 63.4 Å². The minimum Gasteiger partial charge on any atom is -0.370 e. The van der Waals surface area contributed by atoms with Gasteiger partial charge >= 0.3 is 0 Å². The molecular weight excluding hydrogens is 522 g/mol. The number of aromatic nitrogens is 2. The Morgan fingerprint density at radius 2 is 2.05 bits per heavy atom. The third-order valence-corrected chi connectivity index (χ3v) is 11.0. The number of carbonyl (C=O) groups is 3. The van der Waals surface area contributed by atoms with Crippen molar-refractivity contribution in [3.8, 4) is 0 Å². The number of hydrogen-bond donors (Lipinski definition) is 1. The molecule has 40 heavy (non-hydrogen) atoms. The highest BCUT2D eigenvalue weighted by molar-refractivity contribution is 7.16. The fourth-order valence-corrected chi connectivity index (χ4v) is 8.92. The number of rotatable bonds is 6. The Labute approximate surface area is 237 Å². The normalized spacial score (nSPS) is 27.8. The van der Waals surface area contributed by atoms with Gasteiger partial charge in [-0.2, -0.15) is 0 Å². The molecule has 2 saturated carbocycles. The van der Waals surface area contributed by atoms with Crippen molar-refractivity contribution in [2.45, 2.75) is 45.6 Å². The smallest absolute Gasteiger partial charge is 0.263 e. The molecule has 2 aliphatic heterocycles. The van der Waals surface area contributed by atoms with Crippen molar-refractivity contribution in [1.29, 1.82) is 0 Å². The molecule has 9 heteroatoms. The Hall–Kier alpha value is -3.46. The van der Waals surface area contributed by atoms with Crippen LogP contribution in [0.4, 0.5) is 5.69 Å².